The van der Waals surface area contributed by atoms with Gasteiger partial charge in [-0.05, 0) is 48.7 Å². The van der Waals surface area contributed by atoms with Gasteiger partial charge in [-0.1, -0.05) is 18.2 Å². The molecule has 1 aromatic heterocycles. The lowest BCUT2D eigenvalue weighted by molar-refractivity contribution is 0.101. The lowest BCUT2D eigenvalue weighted by Crippen LogP contribution is -2.34. The minimum absolute atomic E-state index is 0.199. The number of carbonyl (C=O) groups is 1. The predicted molar refractivity (Wildman–Crippen MR) is 96.6 cm³/mol. The van der Waals surface area contributed by atoms with Crippen molar-refractivity contribution >= 4 is 32.5 Å². The van der Waals surface area contributed by atoms with Crippen LogP contribution >= 0.6 is 0 Å². The number of ketones is 1. The third kappa shape index (κ3) is 2.82. The molecular weight excluding hydrogens is 338 g/mol. The van der Waals surface area contributed by atoms with Crippen LogP contribution in [0.3, 0.4) is 0 Å². The minimum atomic E-state index is -3.31. The van der Waals surface area contributed by atoms with Gasteiger partial charge < -0.3 is 4.42 Å². The second kappa shape index (κ2) is 5.74. The SMILES string of the molecule is CS(=O)(=O)N1CCCc2cc(C(=O)c3cc4ccccc4o3)ccc21. The van der Waals surface area contributed by atoms with Crippen molar-refractivity contribution in [2.45, 2.75) is 12.8 Å². The van der Waals surface area contributed by atoms with E-state index in [1.807, 2.05) is 24.3 Å². The summed E-state index contributed by atoms with van der Waals surface area (Å²) in [5, 5.41) is 0.882. The van der Waals surface area contributed by atoms with E-state index in [4.69, 9.17) is 4.42 Å². The Bertz CT molecular complexity index is 1050. The van der Waals surface area contributed by atoms with Crippen LogP contribution < -0.4 is 4.31 Å². The van der Waals surface area contributed by atoms with Crippen LogP contribution in [0.2, 0.25) is 0 Å². The topological polar surface area (TPSA) is 67.6 Å². The predicted octanol–water partition coefficient (Wildman–Crippen LogP) is 3.38. The second-order valence-corrected chi connectivity index (χ2v) is 8.17. The highest BCUT2D eigenvalue weighted by Crippen LogP contribution is 2.31. The average Bonchev–Trinajstić information content (AvgIpc) is 3.03. The fourth-order valence-corrected chi connectivity index (χ4v) is 4.28. The summed E-state index contributed by atoms with van der Waals surface area (Å²) in [6, 6.07) is 14.4. The highest BCUT2D eigenvalue weighted by molar-refractivity contribution is 7.92. The molecule has 1 aliphatic rings. The Morgan fingerprint density at radius 2 is 1.92 bits per heavy atom. The van der Waals surface area contributed by atoms with Gasteiger partial charge in [-0.25, -0.2) is 8.42 Å². The number of anilines is 1. The largest absolute Gasteiger partial charge is 0.453 e. The van der Waals surface area contributed by atoms with Crippen molar-refractivity contribution in [1.29, 1.82) is 0 Å². The first kappa shape index (κ1) is 15.9. The molecule has 0 fully saturated rings. The fourth-order valence-electron chi connectivity index (χ4n) is 3.28. The standard InChI is InChI=1S/C19H17NO4S/c1-25(22,23)20-10-4-6-13-11-15(8-9-16(13)20)19(21)18-12-14-5-2-3-7-17(14)24-18/h2-3,5,7-9,11-12H,4,6,10H2,1H3. The molecule has 0 radical (unpaired) electrons. The van der Waals surface area contributed by atoms with Crippen molar-refractivity contribution in [2.24, 2.45) is 0 Å². The molecule has 2 aromatic carbocycles. The maximum Gasteiger partial charge on any atom is 0.232 e. The van der Waals surface area contributed by atoms with E-state index < -0.39 is 10.0 Å². The third-order valence-electron chi connectivity index (χ3n) is 4.47. The van der Waals surface area contributed by atoms with Gasteiger partial charge in [-0.2, -0.15) is 0 Å². The number of sulfonamides is 1. The van der Waals surface area contributed by atoms with E-state index >= 15 is 0 Å². The van der Waals surface area contributed by atoms with Crippen LogP contribution in [-0.4, -0.2) is 27.0 Å². The summed E-state index contributed by atoms with van der Waals surface area (Å²) >= 11 is 0. The highest BCUT2D eigenvalue weighted by atomic mass is 32.2. The van der Waals surface area contributed by atoms with Gasteiger partial charge >= 0.3 is 0 Å². The number of hydrogen-bond acceptors (Lipinski definition) is 4. The van der Waals surface area contributed by atoms with Gasteiger partial charge in [0.1, 0.15) is 5.58 Å². The quantitative estimate of drug-likeness (QED) is 0.676. The average molecular weight is 355 g/mol. The van der Waals surface area contributed by atoms with Crippen LogP contribution in [0.25, 0.3) is 11.0 Å². The lowest BCUT2D eigenvalue weighted by Gasteiger charge is -2.29. The molecule has 6 heteroatoms. The molecule has 0 aliphatic carbocycles. The van der Waals surface area contributed by atoms with Crippen LogP contribution in [0.1, 0.15) is 28.1 Å². The maximum absolute atomic E-state index is 12.8. The Morgan fingerprint density at radius 3 is 2.68 bits per heavy atom. The Balaban J connectivity index is 1.73. The van der Waals surface area contributed by atoms with Gasteiger partial charge in [-0.3, -0.25) is 9.10 Å². The Kier molecular flexibility index (Phi) is 3.65. The van der Waals surface area contributed by atoms with Crippen molar-refractivity contribution in [3.05, 3.63) is 65.4 Å². The molecule has 3 aromatic rings. The van der Waals surface area contributed by atoms with Crippen molar-refractivity contribution in [2.75, 3.05) is 17.1 Å². The highest BCUT2D eigenvalue weighted by Gasteiger charge is 2.25. The van der Waals surface area contributed by atoms with Crippen LogP contribution in [0.15, 0.2) is 52.9 Å². The summed E-state index contributed by atoms with van der Waals surface area (Å²) < 4.78 is 30.9. The summed E-state index contributed by atoms with van der Waals surface area (Å²) in [5.74, 6) is 0.0902. The molecule has 0 bridgehead atoms. The molecule has 0 unspecified atom stereocenters. The van der Waals surface area contributed by atoms with Crippen molar-refractivity contribution in [3.8, 4) is 0 Å². The Hall–Kier alpha value is -2.60. The van der Waals surface area contributed by atoms with Crippen LogP contribution in [0, 0.1) is 0 Å². The summed E-state index contributed by atoms with van der Waals surface area (Å²) in [6.07, 6.45) is 2.69. The molecule has 5 nitrogen and oxygen atoms in total. The zero-order valence-corrected chi connectivity index (χ0v) is 14.5. The number of nitrogens with zero attached hydrogens (tertiary/aromatic N) is 1. The number of furan rings is 1. The van der Waals surface area contributed by atoms with Gasteiger partial charge in [0.2, 0.25) is 15.8 Å². The Labute approximate surface area is 145 Å². The van der Waals surface area contributed by atoms with E-state index in [9.17, 15) is 13.2 Å². The lowest BCUT2D eigenvalue weighted by atomic mass is 9.98. The first-order valence-corrected chi connectivity index (χ1v) is 9.92. The van der Waals surface area contributed by atoms with Gasteiger partial charge in [0.15, 0.2) is 5.76 Å². The molecule has 128 valence electrons. The molecule has 0 saturated carbocycles. The van der Waals surface area contributed by atoms with Crippen molar-refractivity contribution in [3.63, 3.8) is 0 Å². The molecule has 2 heterocycles. The molecule has 0 saturated heterocycles. The second-order valence-electron chi connectivity index (χ2n) is 6.26. The first-order chi connectivity index (χ1) is 11.9. The summed E-state index contributed by atoms with van der Waals surface area (Å²) in [7, 11) is -3.31. The molecule has 0 amide bonds. The van der Waals surface area contributed by atoms with Crippen molar-refractivity contribution < 1.29 is 17.6 Å². The van der Waals surface area contributed by atoms with E-state index in [2.05, 4.69) is 0 Å². The van der Waals surface area contributed by atoms with Crippen LogP contribution in [0.4, 0.5) is 5.69 Å². The molecule has 0 N–H and O–H groups in total. The number of aryl methyl sites for hydroxylation is 1. The number of benzene rings is 2. The van der Waals surface area contributed by atoms with Gasteiger partial charge in [0, 0.05) is 17.5 Å². The first-order valence-electron chi connectivity index (χ1n) is 8.07. The monoisotopic (exact) mass is 355 g/mol. The smallest absolute Gasteiger partial charge is 0.232 e. The third-order valence-corrected chi connectivity index (χ3v) is 5.65. The van der Waals surface area contributed by atoms with Crippen LogP contribution in [0.5, 0.6) is 0 Å². The van der Waals surface area contributed by atoms with E-state index in [-0.39, 0.29) is 11.5 Å². The zero-order chi connectivity index (χ0) is 17.6. The number of rotatable bonds is 3. The molecule has 25 heavy (non-hydrogen) atoms. The fraction of sp³-hybridized carbons (Fsp3) is 0.211. The van der Waals surface area contributed by atoms with E-state index in [0.29, 0.717) is 23.4 Å². The number of hydrogen-bond donors (Lipinski definition) is 0. The van der Waals surface area contributed by atoms with E-state index in [1.165, 1.54) is 10.6 Å². The summed E-state index contributed by atoms with van der Waals surface area (Å²) in [6.45, 7) is 0.475. The van der Waals surface area contributed by atoms with E-state index in [1.54, 1.807) is 24.3 Å². The number of carbonyl (C=O) groups excluding carboxylic acids is 1. The number of fused-ring (bicyclic) bond motifs is 2. The zero-order valence-electron chi connectivity index (χ0n) is 13.7. The maximum atomic E-state index is 12.8. The minimum Gasteiger partial charge on any atom is -0.453 e. The normalized spacial score (nSPS) is 14.5. The molecule has 4 rings (SSSR count). The summed E-state index contributed by atoms with van der Waals surface area (Å²) in [5.41, 5.74) is 2.72. The summed E-state index contributed by atoms with van der Waals surface area (Å²) in [4.78, 5) is 12.8. The molecular formula is C19H17NO4S. The van der Waals surface area contributed by atoms with Gasteiger partial charge in [0.25, 0.3) is 0 Å². The molecule has 0 spiro atoms. The number of para-hydroxylation sites is 1. The van der Waals surface area contributed by atoms with Gasteiger partial charge in [0.05, 0.1) is 11.9 Å². The van der Waals surface area contributed by atoms with Gasteiger partial charge in [-0.15, -0.1) is 0 Å². The molecule has 1 aliphatic heterocycles. The van der Waals surface area contributed by atoms with E-state index in [0.717, 1.165) is 23.8 Å². The Morgan fingerprint density at radius 1 is 1.12 bits per heavy atom. The molecule has 0 atom stereocenters. The van der Waals surface area contributed by atoms with Crippen LogP contribution in [-0.2, 0) is 16.4 Å². The van der Waals surface area contributed by atoms with Crippen molar-refractivity contribution in [1.82, 2.24) is 0 Å².